The maximum Gasteiger partial charge on any atom is 0.0481 e. The van der Waals surface area contributed by atoms with Gasteiger partial charge < -0.3 is 9.88 Å². The molecule has 0 atom stereocenters. The molecule has 1 aliphatic rings. The Morgan fingerprint density at radius 2 is 2.18 bits per heavy atom. The minimum absolute atomic E-state index is 0.759. The third-order valence-electron chi connectivity index (χ3n) is 3.91. The second kappa shape index (κ2) is 4.19. The average molecular weight is 228 g/mol. The van der Waals surface area contributed by atoms with Crippen molar-refractivity contribution >= 4 is 10.9 Å². The number of hydrogen-bond acceptors (Lipinski definition) is 1. The summed E-state index contributed by atoms with van der Waals surface area (Å²) in [6.45, 7) is 3.17. The van der Waals surface area contributed by atoms with E-state index in [1.807, 2.05) is 0 Å². The standard InChI is InChI=1S/C15H20N2/c1-11-6-7-15-14(8-11)12(10-17(15)2)9-16-13-4-3-5-13/h6-8,10,13,16H,3-5,9H2,1-2H3. The molecule has 0 saturated heterocycles. The number of aromatic nitrogens is 1. The first kappa shape index (κ1) is 10.8. The summed E-state index contributed by atoms with van der Waals surface area (Å²) in [7, 11) is 2.13. The van der Waals surface area contributed by atoms with E-state index in [4.69, 9.17) is 0 Å². The van der Waals surface area contributed by atoms with E-state index in [1.54, 1.807) is 0 Å². The predicted molar refractivity (Wildman–Crippen MR) is 72.1 cm³/mol. The van der Waals surface area contributed by atoms with Crippen LogP contribution in [0.15, 0.2) is 24.4 Å². The fourth-order valence-corrected chi connectivity index (χ4v) is 2.60. The third kappa shape index (κ3) is 1.98. The summed E-state index contributed by atoms with van der Waals surface area (Å²) >= 11 is 0. The van der Waals surface area contributed by atoms with Crippen molar-refractivity contribution in [2.45, 2.75) is 38.8 Å². The molecule has 90 valence electrons. The van der Waals surface area contributed by atoms with Crippen molar-refractivity contribution in [3.63, 3.8) is 0 Å². The van der Waals surface area contributed by atoms with E-state index in [2.05, 4.69) is 48.3 Å². The van der Waals surface area contributed by atoms with Crippen molar-refractivity contribution in [2.75, 3.05) is 0 Å². The molecule has 2 aromatic rings. The minimum Gasteiger partial charge on any atom is -0.350 e. The molecule has 1 heterocycles. The van der Waals surface area contributed by atoms with Crippen LogP contribution in [0.25, 0.3) is 10.9 Å². The number of aryl methyl sites for hydroxylation is 2. The number of rotatable bonds is 3. The number of fused-ring (bicyclic) bond motifs is 1. The first-order valence-electron chi connectivity index (χ1n) is 6.52. The van der Waals surface area contributed by atoms with Crippen molar-refractivity contribution in [3.05, 3.63) is 35.5 Å². The first-order chi connectivity index (χ1) is 8.24. The molecule has 0 radical (unpaired) electrons. The molecule has 1 aromatic carbocycles. The van der Waals surface area contributed by atoms with Gasteiger partial charge in [0.1, 0.15) is 0 Å². The molecule has 2 nitrogen and oxygen atoms in total. The van der Waals surface area contributed by atoms with Crippen LogP contribution in [-0.2, 0) is 13.6 Å². The molecule has 0 amide bonds. The fourth-order valence-electron chi connectivity index (χ4n) is 2.60. The van der Waals surface area contributed by atoms with Gasteiger partial charge in [-0.2, -0.15) is 0 Å². The van der Waals surface area contributed by atoms with Crippen LogP contribution in [-0.4, -0.2) is 10.6 Å². The van der Waals surface area contributed by atoms with Crippen LogP contribution in [0.4, 0.5) is 0 Å². The zero-order chi connectivity index (χ0) is 11.8. The third-order valence-corrected chi connectivity index (χ3v) is 3.91. The van der Waals surface area contributed by atoms with Gasteiger partial charge >= 0.3 is 0 Å². The van der Waals surface area contributed by atoms with Gasteiger partial charge in [0.15, 0.2) is 0 Å². The zero-order valence-electron chi connectivity index (χ0n) is 10.7. The van der Waals surface area contributed by atoms with Crippen LogP contribution >= 0.6 is 0 Å². The molecule has 1 fully saturated rings. The lowest BCUT2D eigenvalue weighted by molar-refractivity contribution is 0.338. The van der Waals surface area contributed by atoms with Crippen molar-refractivity contribution < 1.29 is 0 Å². The highest BCUT2D eigenvalue weighted by atomic mass is 15.0. The second-order valence-electron chi connectivity index (χ2n) is 5.29. The summed E-state index contributed by atoms with van der Waals surface area (Å²) in [6.07, 6.45) is 6.36. The summed E-state index contributed by atoms with van der Waals surface area (Å²) in [4.78, 5) is 0. The summed E-state index contributed by atoms with van der Waals surface area (Å²) in [6, 6.07) is 7.46. The molecule has 1 aliphatic carbocycles. The van der Waals surface area contributed by atoms with Gasteiger partial charge in [-0.1, -0.05) is 18.1 Å². The van der Waals surface area contributed by atoms with Crippen LogP contribution in [0, 0.1) is 6.92 Å². The molecule has 17 heavy (non-hydrogen) atoms. The lowest BCUT2D eigenvalue weighted by Crippen LogP contribution is -2.34. The molecule has 0 bridgehead atoms. The molecule has 0 aliphatic heterocycles. The van der Waals surface area contributed by atoms with Crippen molar-refractivity contribution in [1.82, 2.24) is 9.88 Å². The van der Waals surface area contributed by atoms with Gasteiger partial charge in [0.05, 0.1) is 0 Å². The average Bonchev–Trinajstić information content (AvgIpc) is 2.53. The first-order valence-corrected chi connectivity index (χ1v) is 6.52. The van der Waals surface area contributed by atoms with Gasteiger partial charge in [-0.3, -0.25) is 0 Å². The van der Waals surface area contributed by atoms with Crippen LogP contribution < -0.4 is 5.32 Å². The maximum absolute atomic E-state index is 3.65. The Bertz CT molecular complexity index is 535. The monoisotopic (exact) mass is 228 g/mol. The lowest BCUT2D eigenvalue weighted by Gasteiger charge is -2.26. The van der Waals surface area contributed by atoms with Crippen LogP contribution in [0.3, 0.4) is 0 Å². The van der Waals surface area contributed by atoms with Gasteiger partial charge in [-0.05, 0) is 37.5 Å². The van der Waals surface area contributed by atoms with Gasteiger partial charge in [-0.25, -0.2) is 0 Å². The molecule has 0 spiro atoms. The predicted octanol–water partition coefficient (Wildman–Crippen LogP) is 3.13. The van der Waals surface area contributed by atoms with E-state index in [9.17, 15) is 0 Å². The maximum atomic E-state index is 3.65. The molecule has 3 rings (SSSR count). The Morgan fingerprint density at radius 3 is 2.88 bits per heavy atom. The van der Waals surface area contributed by atoms with E-state index in [0.717, 1.165) is 12.6 Å². The quantitative estimate of drug-likeness (QED) is 0.854. The highest BCUT2D eigenvalue weighted by Crippen LogP contribution is 2.23. The van der Waals surface area contributed by atoms with Gasteiger partial charge in [0.2, 0.25) is 0 Å². The molecule has 1 N–H and O–H groups in total. The smallest absolute Gasteiger partial charge is 0.0481 e. The number of nitrogens with one attached hydrogen (secondary N) is 1. The van der Waals surface area contributed by atoms with Gasteiger partial charge in [-0.15, -0.1) is 0 Å². The second-order valence-corrected chi connectivity index (χ2v) is 5.29. The molecule has 1 saturated carbocycles. The normalized spacial score (nSPS) is 16.4. The fraction of sp³-hybridized carbons (Fsp3) is 0.467. The highest BCUT2D eigenvalue weighted by Gasteiger charge is 2.17. The van der Waals surface area contributed by atoms with Crippen molar-refractivity contribution in [2.24, 2.45) is 7.05 Å². The Hall–Kier alpha value is -1.28. The van der Waals surface area contributed by atoms with Crippen molar-refractivity contribution in [1.29, 1.82) is 0 Å². The Morgan fingerprint density at radius 1 is 1.35 bits per heavy atom. The number of nitrogens with zero attached hydrogens (tertiary/aromatic N) is 1. The Labute approximate surface area is 103 Å². The van der Waals surface area contributed by atoms with Crippen LogP contribution in [0.5, 0.6) is 0 Å². The van der Waals surface area contributed by atoms with Crippen LogP contribution in [0.2, 0.25) is 0 Å². The van der Waals surface area contributed by atoms with E-state index < -0.39 is 0 Å². The molecular formula is C15H20N2. The molecule has 0 unspecified atom stereocenters. The molecule has 2 heteroatoms. The van der Waals surface area contributed by atoms with Crippen LogP contribution in [0.1, 0.15) is 30.4 Å². The molecule has 1 aromatic heterocycles. The SMILES string of the molecule is Cc1ccc2c(c1)c(CNC1CCC1)cn2C. The van der Waals surface area contributed by atoms with E-state index in [-0.39, 0.29) is 0 Å². The van der Waals surface area contributed by atoms with Crippen molar-refractivity contribution in [3.8, 4) is 0 Å². The van der Waals surface area contributed by atoms with E-state index >= 15 is 0 Å². The van der Waals surface area contributed by atoms with Gasteiger partial charge in [0, 0.05) is 36.7 Å². The van der Waals surface area contributed by atoms with E-state index in [1.165, 1.54) is 41.3 Å². The number of hydrogen-bond donors (Lipinski definition) is 1. The summed E-state index contributed by atoms with van der Waals surface area (Å²) in [5, 5.41) is 5.05. The Kier molecular flexibility index (Phi) is 2.67. The minimum atomic E-state index is 0.759. The zero-order valence-corrected chi connectivity index (χ0v) is 10.7. The highest BCUT2D eigenvalue weighted by molar-refractivity contribution is 5.84. The number of benzene rings is 1. The lowest BCUT2D eigenvalue weighted by atomic mass is 9.93. The Balaban J connectivity index is 1.89. The van der Waals surface area contributed by atoms with Gasteiger partial charge in [0.25, 0.3) is 0 Å². The summed E-state index contributed by atoms with van der Waals surface area (Å²) < 4.78 is 2.23. The largest absolute Gasteiger partial charge is 0.350 e. The summed E-state index contributed by atoms with van der Waals surface area (Å²) in [5.74, 6) is 0. The topological polar surface area (TPSA) is 17.0 Å². The molecular weight excluding hydrogens is 208 g/mol. The van der Waals surface area contributed by atoms with E-state index in [0.29, 0.717) is 0 Å². The summed E-state index contributed by atoms with van der Waals surface area (Å²) in [5.41, 5.74) is 4.10.